The highest BCUT2D eigenvalue weighted by molar-refractivity contribution is 5.86. The minimum Gasteiger partial charge on any atom is -0.489 e. The number of carbonyl (C=O) groups is 1. The van der Waals surface area contributed by atoms with E-state index in [1.807, 2.05) is 48.5 Å². The minimum absolute atomic E-state index is 0.239. The number of H-pyrrole nitrogens is 2. The topological polar surface area (TPSA) is 79.1 Å². The summed E-state index contributed by atoms with van der Waals surface area (Å²) in [5.41, 5.74) is 3.56. The van der Waals surface area contributed by atoms with Gasteiger partial charge in [-0.1, -0.05) is 30.3 Å². The Balaban J connectivity index is 1.18. The van der Waals surface area contributed by atoms with Crippen molar-refractivity contribution in [1.29, 1.82) is 0 Å². The molecule has 0 saturated heterocycles. The van der Waals surface area contributed by atoms with Gasteiger partial charge in [0.2, 0.25) is 5.88 Å². The Kier molecular flexibility index (Phi) is 6.10. The van der Waals surface area contributed by atoms with Gasteiger partial charge in [-0.05, 0) is 42.7 Å². The summed E-state index contributed by atoms with van der Waals surface area (Å²) >= 11 is 0. The maximum Gasteiger partial charge on any atom is 0.413 e. The van der Waals surface area contributed by atoms with Crippen LogP contribution >= 0.6 is 0 Å². The second-order valence-electron chi connectivity index (χ2n) is 8.26. The van der Waals surface area contributed by atoms with E-state index in [1.54, 1.807) is 13.0 Å². The molecule has 35 heavy (non-hydrogen) atoms. The van der Waals surface area contributed by atoms with Crippen molar-refractivity contribution in [3.8, 4) is 11.6 Å². The lowest BCUT2D eigenvalue weighted by molar-refractivity contribution is 0.199. The predicted molar refractivity (Wildman–Crippen MR) is 130 cm³/mol. The molecule has 0 radical (unpaired) electrons. The average molecular weight is 475 g/mol. The van der Waals surface area contributed by atoms with Gasteiger partial charge >= 0.3 is 6.09 Å². The van der Waals surface area contributed by atoms with Gasteiger partial charge in [0.25, 0.3) is 0 Å². The molecular formula is C27H23F2N3O3. The standard InChI is InChI=1S/C27H23F2N3O3/c1-16-21(22-12-19(28)13-23(29)26(22)31-16)9-10-30-27(33)35-25-11-18-7-8-20(14-24(18)32-25)34-15-17-5-3-2-4-6-17/h2-8,11-14,31-32H,9-10,15H2,1H3,(H,30,33). The Hall–Kier alpha value is -4.33. The number of nitrogens with one attached hydrogen (secondary N) is 3. The van der Waals surface area contributed by atoms with E-state index in [2.05, 4.69) is 15.3 Å². The molecule has 0 spiro atoms. The van der Waals surface area contributed by atoms with Gasteiger partial charge in [0, 0.05) is 41.2 Å². The first-order chi connectivity index (χ1) is 17.0. The molecule has 3 aromatic carbocycles. The van der Waals surface area contributed by atoms with E-state index < -0.39 is 17.7 Å². The van der Waals surface area contributed by atoms with Crippen molar-refractivity contribution in [1.82, 2.24) is 15.3 Å². The van der Waals surface area contributed by atoms with Gasteiger partial charge in [-0.25, -0.2) is 13.6 Å². The highest BCUT2D eigenvalue weighted by Crippen LogP contribution is 2.27. The molecule has 0 saturated carbocycles. The van der Waals surface area contributed by atoms with Crippen LogP contribution in [0.4, 0.5) is 13.6 Å². The molecule has 0 aliphatic rings. The zero-order chi connectivity index (χ0) is 24.4. The van der Waals surface area contributed by atoms with Gasteiger partial charge in [-0.3, -0.25) is 0 Å². The minimum atomic E-state index is -0.644. The zero-order valence-electron chi connectivity index (χ0n) is 19.0. The van der Waals surface area contributed by atoms with Crippen LogP contribution in [-0.4, -0.2) is 22.6 Å². The summed E-state index contributed by atoms with van der Waals surface area (Å²) in [4.78, 5) is 18.3. The van der Waals surface area contributed by atoms with Crippen LogP contribution < -0.4 is 14.8 Å². The van der Waals surface area contributed by atoms with Crippen LogP contribution in [0.15, 0.2) is 66.7 Å². The van der Waals surface area contributed by atoms with E-state index in [-0.39, 0.29) is 12.1 Å². The van der Waals surface area contributed by atoms with Crippen LogP contribution in [0, 0.1) is 18.6 Å². The summed E-state index contributed by atoms with van der Waals surface area (Å²) in [6.07, 6.45) is -0.245. The number of halogens is 2. The molecule has 8 heteroatoms. The van der Waals surface area contributed by atoms with Crippen LogP contribution in [0.2, 0.25) is 0 Å². The fourth-order valence-electron chi connectivity index (χ4n) is 4.12. The van der Waals surface area contributed by atoms with Crippen LogP contribution in [0.25, 0.3) is 21.8 Å². The smallest absolute Gasteiger partial charge is 0.413 e. The number of carbonyl (C=O) groups excluding carboxylic acids is 1. The first kappa shape index (κ1) is 22.5. The van der Waals surface area contributed by atoms with Crippen LogP contribution in [-0.2, 0) is 13.0 Å². The second kappa shape index (κ2) is 9.50. The molecule has 2 aromatic heterocycles. The Labute approximate surface area is 199 Å². The molecule has 0 bridgehead atoms. The molecule has 0 aliphatic carbocycles. The SMILES string of the molecule is Cc1[nH]c2c(F)cc(F)cc2c1CCNC(=O)Oc1cc2ccc(OCc3ccccc3)cc2[nH]1. The number of aromatic amines is 2. The number of rotatable bonds is 7. The van der Waals surface area contributed by atoms with E-state index in [4.69, 9.17) is 9.47 Å². The molecule has 5 rings (SSSR count). The molecule has 178 valence electrons. The summed E-state index contributed by atoms with van der Waals surface area (Å²) < 4.78 is 38.9. The van der Waals surface area contributed by atoms with Crippen molar-refractivity contribution in [3.63, 3.8) is 0 Å². The fraction of sp³-hybridized carbons (Fsp3) is 0.148. The van der Waals surface area contributed by atoms with Gasteiger partial charge in [-0.15, -0.1) is 0 Å². The Morgan fingerprint density at radius 3 is 2.66 bits per heavy atom. The average Bonchev–Trinajstić information content (AvgIpc) is 3.38. The number of hydrogen-bond donors (Lipinski definition) is 3. The van der Waals surface area contributed by atoms with Gasteiger partial charge in [-0.2, -0.15) is 0 Å². The third kappa shape index (κ3) is 4.96. The molecule has 2 heterocycles. The molecule has 0 fully saturated rings. The summed E-state index contributed by atoms with van der Waals surface area (Å²) in [5, 5.41) is 4.02. The first-order valence-corrected chi connectivity index (χ1v) is 11.2. The summed E-state index contributed by atoms with van der Waals surface area (Å²) in [7, 11) is 0. The third-order valence-electron chi connectivity index (χ3n) is 5.81. The van der Waals surface area contributed by atoms with Crippen molar-refractivity contribution in [2.24, 2.45) is 0 Å². The van der Waals surface area contributed by atoms with Gasteiger partial charge in [0.1, 0.15) is 24.0 Å². The van der Waals surface area contributed by atoms with Crippen molar-refractivity contribution in [2.45, 2.75) is 20.0 Å². The maximum absolute atomic E-state index is 14.0. The molecule has 0 unspecified atom stereocenters. The van der Waals surface area contributed by atoms with Gasteiger partial charge < -0.3 is 24.8 Å². The van der Waals surface area contributed by atoms with E-state index in [9.17, 15) is 13.6 Å². The van der Waals surface area contributed by atoms with Gasteiger partial charge in [0.05, 0.1) is 11.0 Å². The number of ether oxygens (including phenoxy) is 2. The molecule has 3 N–H and O–H groups in total. The zero-order valence-corrected chi connectivity index (χ0v) is 19.0. The Morgan fingerprint density at radius 2 is 1.83 bits per heavy atom. The molecule has 5 aromatic rings. The molecule has 0 atom stereocenters. The van der Waals surface area contributed by atoms with Gasteiger partial charge in [0.15, 0.2) is 0 Å². The number of aromatic nitrogens is 2. The van der Waals surface area contributed by atoms with Crippen molar-refractivity contribution in [2.75, 3.05) is 6.54 Å². The quantitative estimate of drug-likeness (QED) is 0.264. The highest BCUT2D eigenvalue weighted by atomic mass is 19.1. The monoisotopic (exact) mass is 475 g/mol. The summed E-state index contributed by atoms with van der Waals surface area (Å²) in [5.74, 6) is -0.296. The molecule has 6 nitrogen and oxygen atoms in total. The first-order valence-electron chi connectivity index (χ1n) is 11.2. The lowest BCUT2D eigenvalue weighted by atomic mass is 10.1. The largest absolute Gasteiger partial charge is 0.489 e. The Bertz CT molecular complexity index is 1510. The molecular weight excluding hydrogens is 452 g/mol. The lowest BCUT2D eigenvalue weighted by Crippen LogP contribution is -2.28. The van der Waals surface area contributed by atoms with E-state index in [0.29, 0.717) is 30.0 Å². The molecule has 1 amide bonds. The molecule has 0 aliphatic heterocycles. The van der Waals surface area contributed by atoms with Crippen LogP contribution in [0.5, 0.6) is 11.6 Å². The number of amides is 1. The second-order valence-corrected chi connectivity index (χ2v) is 8.26. The number of hydrogen-bond acceptors (Lipinski definition) is 3. The van der Waals surface area contributed by atoms with Crippen LogP contribution in [0.3, 0.4) is 0 Å². The number of benzene rings is 3. The fourth-order valence-corrected chi connectivity index (χ4v) is 4.12. The van der Waals surface area contributed by atoms with Crippen molar-refractivity contribution >= 4 is 27.9 Å². The van der Waals surface area contributed by atoms with E-state index in [0.717, 1.165) is 33.8 Å². The van der Waals surface area contributed by atoms with Crippen LogP contribution in [0.1, 0.15) is 16.8 Å². The van der Waals surface area contributed by atoms with E-state index >= 15 is 0 Å². The van der Waals surface area contributed by atoms with E-state index in [1.165, 1.54) is 6.07 Å². The Morgan fingerprint density at radius 1 is 1.00 bits per heavy atom. The number of fused-ring (bicyclic) bond motifs is 2. The van der Waals surface area contributed by atoms with Crippen molar-refractivity contribution in [3.05, 3.63) is 95.2 Å². The predicted octanol–water partition coefficient (Wildman–Crippen LogP) is 6.15. The maximum atomic E-state index is 14.0. The number of aryl methyl sites for hydroxylation is 1. The highest BCUT2D eigenvalue weighted by Gasteiger charge is 2.14. The summed E-state index contributed by atoms with van der Waals surface area (Å²) in [6.45, 7) is 2.48. The summed E-state index contributed by atoms with van der Waals surface area (Å²) in [6, 6.07) is 19.3. The normalized spacial score (nSPS) is 11.2. The van der Waals surface area contributed by atoms with Crippen molar-refractivity contribution < 1.29 is 23.0 Å². The third-order valence-corrected chi connectivity index (χ3v) is 5.81. The lowest BCUT2D eigenvalue weighted by Gasteiger charge is -2.06.